The normalized spacial score (nSPS) is 16.6. The maximum Gasteiger partial charge on any atom is 0.123 e. The molecule has 0 aliphatic carbocycles. The Hall–Kier alpha value is -2.37. The van der Waals surface area contributed by atoms with Crippen LogP contribution in [0.2, 0.25) is 25.2 Å². The predicted octanol–water partition coefficient (Wildman–Crippen LogP) is 6.12. The van der Waals surface area contributed by atoms with E-state index in [9.17, 15) is 4.39 Å². The molecule has 4 rings (SSSR count). The Labute approximate surface area is 180 Å². The smallest absolute Gasteiger partial charge is 0.123 e. The van der Waals surface area contributed by atoms with Gasteiger partial charge < -0.3 is 9.30 Å². The highest BCUT2D eigenvalue weighted by Gasteiger charge is 2.28. The number of ether oxygens (including phenoxy) is 1. The molecule has 3 nitrogen and oxygen atoms in total. The van der Waals surface area contributed by atoms with Crippen molar-refractivity contribution in [1.82, 2.24) is 9.47 Å². The summed E-state index contributed by atoms with van der Waals surface area (Å²) in [7, 11) is 0.690. The molecule has 30 heavy (non-hydrogen) atoms. The zero-order valence-corrected chi connectivity index (χ0v) is 19.4. The number of aromatic nitrogens is 1. The van der Waals surface area contributed by atoms with Crippen LogP contribution in [0.4, 0.5) is 4.39 Å². The summed E-state index contributed by atoms with van der Waals surface area (Å²) in [5.74, 6) is 0.634. The highest BCUT2D eigenvalue weighted by atomic mass is 28.3. The van der Waals surface area contributed by atoms with Gasteiger partial charge in [-0.25, -0.2) is 4.39 Å². The Morgan fingerprint density at radius 2 is 1.60 bits per heavy atom. The number of benzene rings is 2. The van der Waals surface area contributed by atoms with Gasteiger partial charge in [-0.05, 0) is 97.8 Å². The van der Waals surface area contributed by atoms with Crippen LogP contribution in [0, 0.1) is 12.7 Å². The van der Waals surface area contributed by atoms with E-state index in [0.29, 0.717) is 0 Å². The maximum absolute atomic E-state index is 13.6. The van der Waals surface area contributed by atoms with Crippen LogP contribution in [0.1, 0.15) is 11.3 Å². The summed E-state index contributed by atoms with van der Waals surface area (Å²) in [5, 5.41) is 0. The first kappa shape index (κ1) is 20.9. The summed E-state index contributed by atoms with van der Waals surface area (Å²) in [6.07, 6.45) is 0. The number of halogens is 1. The van der Waals surface area contributed by atoms with Crippen LogP contribution in [0.25, 0.3) is 16.9 Å². The van der Waals surface area contributed by atoms with Gasteiger partial charge in [0, 0.05) is 26.0 Å². The van der Waals surface area contributed by atoms with E-state index in [1.165, 1.54) is 48.6 Å². The lowest BCUT2D eigenvalue weighted by molar-refractivity contribution is 0.282. The van der Waals surface area contributed by atoms with E-state index in [2.05, 4.69) is 47.7 Å². The molecule has 0 amide bonds. The molecule has 2 aromatic carbocycles. The Bertz CT molecular complexity index is 999. The summed E-state index contributed by atoms with van der Waals surface area (Å²) < 4.78 is 21.2. The van der Waals surface area contributed by atoms with Crippen LogP contribution in [0.3, 0.4) is 0 Å². The molecule has 1 aromatic heterocycles. The molecule has 0 saturated carbocycles. The van der Waals surface area contributed by atoms with Gasteiger partial charge in [0.25, 0.3) is 0 Å². The second-order valence-electron chi connectivity index (χ2n) is 9.14. The third kappa shape index (κ3) is 4.37. The largest absolute Gasteiger partial charge is 0.497 e. The first-order valence-corrected chi connectivity index (χ1v) is 14.1. The number of hydrogen-bond donors (Lipinski definition) is 0. The van der Waals surface area contributed by atoms with Crippen molar-refractivity contribution in [2.45, 2.75) is 38.7 Å². The van der Waals surface area contributed by atoms with Crippen LogP contribution in [0.15, 0.2) is 54.6 Å². The standard InChI is InChI=1S/C25H31FN2OSi/c1-19-17-21(18-27-13-15-30(3,4)16-14-27)25(20-5-11-24(29-2)12-6-20)28(19)23-9-7-22(26)8-10-23/h5-12,17H,13-16,18H2,1-4H3. The summed E-state index contributed by atoms with van der Waals surface area (Å²) in [6.45, 7) is 10.4. The van der Waals surface area contributed by atoms with Crippen molar-refractivity contribution in [3.63, 3.8) is 0 Å². The first-order chi connectivity index (χ1) is 14.4. The SMILES string of the molecule is COc1ccc(-c2c(CN3CC[Si](C)(C)CC3)cc(C)n2-c2ccc(F)cc2)cc1. The molecule has 1 aliphatic heterocycles. The average Bonchev–Trinajstić information content (AvgIpc) is 3.06. The maximum atomic E-state index is 13.6. The first-order valence-electron chi connectivity index (χ1n) is 10.7. The van der Waals surface area contributed by atoms with Crippen LogP contribution in [-0.4, -0.2) is 37.7 Å². The Kier molecular flexibility index (Phi) is 5.85. The Morgan fingerprint density at radius 3 is 2.20 bits per heavy atom. The molecule has 0 N–H and O–H groups in total. The number of hydrogen-bond acceptors (Lipinski definition) is 2. The molecule has 0 spiro atoms. The number of aryl methyl sites for hydroxylation is 1. The third-order valence-corrected chi connectivity index (χ3v) is 9.47. The minimum absolute atomic E-state index is 0.213. The zero-order valence-electron chi connectivity index (χ0n) is 18.4. The molecule has 1 aliphatic rings. The van der Waals surface area contributed by atoms with E-state index >= 15 is 0 Å². The molecular formula is C25H31FN2OSi. The van der Waals surface area contributed by atoms with Gasteiger partial charge in [0.05, 0.1) is 12.8 Å². The van der Waals surface area contributed by atoms with Crippen LogP contribution in [0.5, 0.6) is 5.75 Å². The van der Waals surface area contributed by atoms with Gasteiger partial charge in [0.15, 0.2) is 0 Å². The van der Waals surface area contributed by atoms with Crippen molar-refractivity contribution < 1.29 is 9.13 Å². The fourth-order valence-corrected chi connectivity index (χ4v) is 6.46. The van der Waals surface area contributed by atoms with E-state index < -0.39 is 8.07 Å². The summed E-state index contributed by atoms with van der Waals surface area (Å²) in [4.78, 5) is 2.59. The van der Waals surface area contributed by atoms with Crippen molar-refractivity contribution in [2.24, 2.45) is 0 Å². The van der Waals surface area contributed by atoms with Crippen molar-refractivity contribution in [3.8, 4) is 22.7 Å². The topological polar surface area (TPSA) is 17.4 Å². The quantitative estimate of drug-likeness (QED) is 0.461. The van der Waals surface area contributed by atoms with Crippen molar-refractivity contribution >= 4 is 8.07 Å². The van der Waals surface area contributed by atoms with Gasteiger partial charge in [-0.3, -0.25) is 4.90 Å². The van der Waals surface area contributed by atoms with E-state index in [4.69, 9.17) is 4.74 Å². The number of rotatable bonds is 5. The Balaban J connectivity index is 1.75. The van der Waals surface area contributed by atoms with Gasteiger partial charge in [0.1, 0.15) is 11.6 Å². The van der Waals surface area contributed by atoms with Gasteiger partial charge in [-0.1, -0.05) is 13.1 Å². The second-order valence-corrected chi connectivity index (χ2v) is 14.5. The lowest BCUT2D eigenvalue weighted by atomic mass is 10.1. The zero-order chi connectivity index (χ0) is 21.3. The molecule has 0 atom stereocenters. The highest BCUT2D eigenvalue weighted by Crippen LogP contribution is 2.34. The highest BCUT2D eigenvalue weighted by molar-refractivity contribution is 6.77. The van der Waals surface area contributed by atoms with Crippen molar-refractivity contribution in [2.75, 3.05) is 20.2 Å². The summed E-state index contributed by atoms with van der Waals surface area (Å²) in [5.41, 5.74) is 5.80. The van der Waals surface area contributed by atoms with Gasteiger partial charge in [-0.2, -0.15) is 0 Å². The van der Waals surface area contributed by atoms with Crippen molar-refractivity contribution in [1.29, 1.82) is 0 Å². The lowest BCUT2D eigenvalue weighted by Crippen LogP contribution is -2.42. The summed E-state index contributed by atoms with van der Waals surface area (Å²) >= 11 is 0. The van der Waals surface area contributed by atoms with Crippen LogP contribution in [-0.2, 0) is 6.54 Å². The monoisotopic (exact) mass is 422 g/mol. The van der Waals surface area contributed by atoms with E-state index in [0.717, 1.165) is 29.2 Å². The van der Waals surface area contributed by atoms with E-state index in [1.807, 2.05) is 24.3 Å². The van der Waals surface area contributed by atoms with Crippen LogP contribution >= 0.6 is 0 Å². The fourth-order valence-electron chi connectivity index (χ4n) is 4.37. The fraction of sp³-hybridized carbons (Fsp3) is 0.360. The third-order valence-electron chi connectivity index (χ3n) is 6.32. The van der Waals surface area contributed by atoms with E-state index in [-0.39, 0.29) is 5.82 Å². The molecule has 0 bridgehead atoms. The van der Waals surface area contributed by atoms with Gasteiger partial charge in [0.2, 0.25) is 0 Å². The van der Waals surface area contributed by atoms with Gasteiger partial charge in [-0.15, -0.1) is 0 Å². The van der Waals surface area contributed by atoms with Crippen LogP contribution < -0.4 is 4.74 Å². The molecule has 3 aromatic rings. The molecule has 1 fully saturated rings. The summed E-state index contributed by atoms with van der Waals surface area (Å²) in [6, 6.07) is 20.0. The van der Waals surface area contributed by atoms with Gasteiger partial charge >= 0.3 is 0 Å². The molecule has 158 valence electrons. The Morgan fingerprint density at radius 1 is 0.967 bits per heavy atom. The molecule has 1 saturated heterocycles. The molecule has 0 unspecified atom stereocenters. The average molecular weight is 423 g/mol. The molecule has 2 heterocycles. The molecule has 0 radical (unpaired) electrons. The minimum atomic E-state index is -0.998. The van der Waals surface area contributed by atoms with E-state index in [1.54, 1.807) is 7.11 Å². The second kappa shape index (κ2) is 8.40. The minimum Gasteiger partial charge on any atom is -0.497 e. The number of methoxy groups -OCH3 is 1. The number of nitrogens with zero attached hydrogens (tertiary/aromatic N) is 2. The molecular weight excluding hydrogens is 391 g/mol. The molecule has 5 heteroatoms. The lowest BCUT2D eigenvalue weighted by Gasteiger charge is -2.35. The van der Waals surface area contributed by atoms with Crippen molar-refractivity contribution in [3.05, 3.63) is 71.7 Å². The predicted molar refractivity (Wildman–Crippen MR) is 125 cm³/mol.